The molecule has 0 bridgehead atoms. The Bertz CT molecular complexity index is 1130. The van der Waals surface area contributed by atoms with Gasteiger partial charge in [-0.25, -0.2) is 19.8 Å². The molecule has 1 atom stereocenters. The van der Waals surface area contributed by atoms with Gasteiger partial charge in [0, 0.05) is 42.2 Å². The van der Waals surface area contributed by atoms with Gasteiger partial charge in [0.15, 0.2) is 0 Å². The van der Waals surface area contributed by atoms with Crippen LogP contribution in [0.25, 0.3) is 10.9 Å². The number of hydrogen-bond donors (Lipinski definition) is 3. The van der Waals surface area contributed by atoms with Crippen LogP contribution in [0.15, 0.2) is 48.5 Å². The topological polar surface area (TPSA) is 78.5 Å². The number of fused-ring (bicyclic) bond motifs is 1. The summed E-state index contributed by atoms with van der Waals surface area (Å²) in [5.41, 5.74) is 10.2. The molecule has 0 radical (unpaired) electrons. The fourth-order valence-corrected chi connectivity index (χ4v) is 3.84. The predicted molar refractivity (Wildman–Crippen MR) is 127 cm³/mol. The lowest BCUT2D eigenvalue weighted by Crippen LogP contribution is -2.47. The number of benzene rings is 2. The van der Waals surface area contributed by atoms with Crippen LogP contribution in [-0.4, -0.2) is 48.2 Å². The minimum atomic E-state index is -0.490. The second kappa shape index (κ2) is 11.1. The van der Waals surface area contributed by atoms with E-state index in [1.54, 1.807) is 24.3 Å². The Hall–Kier alpha value is -2.49. The third kappa shape index (κ3) is 6.52. The van der Waals surface area contributed by atoms with Crippen molar-refractivity contribution in [1.29, 1.82) is 0 Å². The Morgan fingerprint density at radius 2 is 2.06 bits per heavy atom. The van der Waals surface area contributed by atoms with Crippen molar-refractivity contribution in [3.05, 3.63) is 70.1 Å². The number of ether oxygens (including phenoxy) is 1. The highest BCUT2D eigenvalue weighted by molar-refractivity contribution is 6.31. The van der Waals surface area contributed by atoms with Gasteiger partial charge in [-0.3, -0.25) is 15.6 Å². The van der Waals surface area contributed by atoms with Gasteiger partial charge in [0.1, 0.15) is 17.3 Å². The fraction of sp³-hybridized carbons (Fsp3) is 0.304. The highest BCUT2D eigenvalue weighted by Crippen LogP contribution is 2.20. The SMILES string of the molecule is O=C(NNC1CCN(NCCCOc2ccc(Cl)c(F)c2)C1)c1ccc2cc(Cl)ccc2n1. The number of rotatable bonds is 9. The van der Waals surface area contributed by atoms with E-state index in [1.165, 1.54) is 12.1 Å². The predicted octanol–water partition coefficient (Wildman–Crippen LogP) is 3.96. The van der Waals surface area contributed by atoms with E-state index >= 15 is 0 Å². The normalized spacial score (nSPS) is 16.3. The molecule has 1 saturated heterocycles. The quantitative estimate of drug-likeness (QED) is 0.310. The maximum atomic E-state index is 13.4. The third-order valence-electron chi connectivity index (χ3n) is 5.28. The van der Waals surface area contributed by atoms with Gasteiger partial charge in [-0.1, -0.05) is 29.3 Å². The van der Waals surface area contributed by atoms with Crippen LogP contribution in [0.4, 0.5) is 4.39 Å². The van der Waals surface area contributed by atoms with Crippen LogP contribution in [-0.2, 0) is 0 Å². The first-order valence-electron chi connectivity index (χ1n) is 10.7. The molecule has 4 rings (SSSR count). The molecule has 2 heterocycles. The van der Waals surface area contributed by atoms with Crippen molar-refractivity contribution in [1.82, 2.24) is 26.3 Å². The van der Waals surface area contributed by atoms with Crippen molar-refractivity contribution in [3.63, 3.8) is 0 Å². The second-order valence-electron chi connectivity index (χ2n) is 7.75. The molecular weight excluding hydrogens is 468 g/mol. The summed E-state index contributed by atoms with van der Waals surface area (Å²) in [6, 6.07) is 13.4. The molecule has 2 aromatic carbocycles. The zero-order valence-corrected chi connectivity index (χ0v) is 19.3. The molecular formula is C23H24Cl2FN5O2. The van der Waals surface area contributed by atoms with Crippen molar-refractivity contribution >= 4 is 40.0 Å². The summed E-state index contributed by atoms with van der Waals surface area (Å²) >= 11 is 11.7. The van der Waals surface area contributed by atoms with E-state index < -0.39 is 5.82 Å². The molecule has 0 aliphatic carbocycles. The molecule has 1 unspecified atom stereocenters. The van der Waals surface area contributed by atoms with E-state index in [4.69, 9.17) is 27.9 Å². The van der Waals surface area contributed by atoms with Crippen LogP contribution in [0.3, 0.4) is 0 Å². The molecule has 1 aliphatic heterocycles. The Balaban J connectivity index is 1.14. The summed E-state index contributed by atoms with van der Waals surface area (Å²) in [5.74, 6) is -0.312. The number of carbonyl (C=O) groups excluding carboxylic acids is 1. The lowest BCUT2D eigenvalue weighted by atomic mass is 10.2. The average molecular weight is 492 g/mol. The summed E-state index contributed by atoms with van der Waals surface area (Å²) in [6.07, 6.45) is 1.64. The van der Waals surface area contributed by atoms with Gasteiger partial charge in [-0.05, 0) is 49.2 Å². The summed E-state index contributed by atoms with van der Waals surface area (Å²) < 4.78 is 18.9. The monoisotopic (exact) mass is 491 g/mol. The van der Waals surface area contributed by atoms with Gasteiger partial charge in [-0.2, -0.15) is 0 Å². The lowest BCUT2D eigenvalue weighted by Gasteiger charge is -2.18. The minimum Gasteiger partial charge on any atom is -0.493 e. The van der Waals surface area contributed by atoms with Crippen molar-refractivity contribution in [2.45, 2.75) is 18.9 Å². The summed E-state index contributed by atoms with van der Waals surface area (Å²) in [7, 11) is 0. The van der Waals surface area contributed by atoms with Crippen LogP contribution < -0.4 is 21.0 Å². The van der Waals surface area contributed by atoms with Crippen molar-refractivity contribution in [2.24, 2.45) is 0 Å². The Kier molecular flexibility index (Phi) is 7.95. The van der Waals surface area contributed by atoms with Crippen molar-refractivity contribution in [2.75, 3.05) is 26.2 Å². The molecule has 1 fully saturated rings. The largest absolute Gasteiger partial charge is 0.493 e. The van der Waals surface area contributed by atoms with Crippen LogP contribution in [0, 0.1) is 5.82 Å². The lowest BCUT2D eigenvalue weighted by molar-refractivity contribution is 0.0919. The zero-order valence-electron chi connectivity index (χ0n) is 17.8. The molecule has 0 spiro atoms. The smallest absolute Gasteiger partial charge is 0.283 e. The first-order chi connectivity index (χ1) is 16.0. The van der Waals surface area contributed by atoms with E-state index in [-0.39, 0.29) is 17.0 Å². The molecule has 7 nitrogen and oxygen atoms in total. The Labute approximate surface area is 201 Å². The van der Waals surface area contributed by atoms with Gasteiger partial charge < -0.3 is 4.74 Å². The molecule has 3 N–H and O–H groups in total. The summed E-state index contributed by atoms with van der Waals surface area (Å²) in [4.78, 5) is 16.9. The molecule has 33 heavy (non-hydrogen) atoms. The zero-order chi connectivity index (χ0) is 23.2. The van der Waals surface area contributed by atoms with Crippen LogP contribution in [0.2, 0.25) is 10.0 Å². The molecule has 1 aliphatic rings. The molecule has 174 valence electrons. The highest BCUT2D eigenvalue weighted by atomic mass is 35.5. The molecule has 1 amide bonds. The van der Waals surface area contributed by atoms with Crippen LogP contribution in [0.1, 0.15) is 23.3 Å². The maximum absolute atomic E-state index is 13.4. The number of carbonyl (C=O) groups is 1. The van der Waals surface area contributed by atoms with Gasteiger partial charge in [0.05, 0.1) is 17.1 Å². The molecule has 1 aromatic heterocycles. The number of hydrazine groups is 2. The summed E-state index contributed by atoms with van der Waals surface area (Å²) in [5, 5.41) is 3.70. The number of aromatic nitrogens is 1. The highest BCUT2D eigenvalue weighted by Gasteiger charge is 2.22. The Morgan fingerprint density at radius 3 is 2.91 bits per heavy atom. The van der Waals surface area contributed by atoms with Crippen molar-refractivity contribution < 1.29 is 13.9 Å². The minimum absolute atomic E-state index is 0.0799. The Morgan fingerprint density at radius 1 is 1.18 bits per heavy atom. The van der Waals surface area contributed by atoms with E-state index in [2.05, 4.69) is 26.3 Å². The van der Waals surface area contributed by atoms with Crippen LogP contribution in [0.5, 0.6) is 5.75 Å². The van der Waals surface area contributed by atoms with Crippen LogP contribution >= 0.6 is 23.2 Å². The number of amides is 1. The van der Waals surface area contributed by atoms with Crippen molar-refractivity contribution in [3.8, 4) is 5.75 Å². The second-order valence-corrected chi connectivity index (χ2v) is 8.59. The number of pyridine rings is 1. The van der Waals surface area contributed by atoms with Gasteiger partial charge in [-0.15, -0.1) is 0 Å². The third-order valence-corrected chi connectivity index (χ3v) is 5.82. The van der Waals surface area contributed by atoms with E-state index in [9.17, 15) is 9.18 Å². The molecule has 10 heteroatoms. The van der Waals surface area contributed by atoms with E-state index in [1.807, 2.05) is 12.1 Å². The average Bonchev–Trinajstić information content (AvgIpc) is 3.27. The summed E-state index contributed by atoms with van der Waals surface area (Å²) in [6.45, 7) is 2.78. The first-order valence-corrected chi connectivity index (χ1v) is 11.4. The molecule has 0 saturated carbocycles. The number of nitrogens with zero attached hydrogens (tertiary/aromatic N) is 2. The fourth-order valence-electron chi connectivity index (χ4n) is 3.54. The van der Waals surface area contributed by atoms with Gasteiger partial charge in [0.2, 0.25) is 0 Å². The molecule has 3 aromatic rings. The van der Waals surface area contributed by atoms with E-state index in [0.717, 1.165) is 37.9 Å². The van der Waals surface area contributed by atoms with Gasteiger partial charge >= 0.3 is 0 Å². The number of hydrogen-bond acceptors (Lipinski definition) is 6. The number of nitrogens with one attached hydrogen (secondary N) is 3. The van der Waals surface area contributed by atoms with E-state index in [0.29, 0.717) is 28.6 Å². The standard InChI is InChI=1S/C23H24Cl2FN5O2/c24-16-3-7-21-15(12-16)2-6-22(28-21)23(32)30-29-17-8-10-31(14-17)27-9-1-11-33-18-4-5-19(25)20(26)13-18/h2-7,12-13,17,27,29H,1,8-11,14H2,(H,30,32). The number of halogens is 3. The maximum Gasteiger partial charge on any atom is 0.283 e. The van der Waals surface area contributed by atoms with Gasteiger partial charge in [0.25, 0.3) is 5.91 Å². The first kappa shape index (κ1) is 23.7.